The van der Waals surface area contributed by atoms with Crippen molar-refractivity contribution in [3.63, 3.8) is 0 Å². The summed E-state index contributed by atoms with van der Waals surface area (Å²) in [5.41, 5.74) is 9.75. The number of nitrogens with zero attached hydrogens (tertiary/aromatic N) is 5. The van der Waals surface area contributed by atoms with Crippen LogP contribution in [0.25, 0.3) is 16.9 Å². The van der Waals surface area contributed by atoms with Gasteiger partial charge in [0.25, 0.3) is 5.91 Å². The van der Waals surface area contributed by atoms with E-state index < -0.39 is 5.91 Å². The lowest BCUT2D eigenvalue weighted by Crippen LogP contribution is -2.18. The third-order valence-corrected chi connectivity index (χ3v) is 4.96. The Morgan fingerprint density at radius 3 is 2.66 bits per heavy atom. The van der Waals surface area contributed by atoms with Gasteiger partial charge in [0, 0.05) is 24.2 Å². The van der Waals surface area contributed by atoms with E-state index in [1.54, 1.807) is 30.9 Å². The lowest BCUT2D eigenvalue weighted by Gasteiger charge is -2.13. The lowest BCUT2D eigenvalue weighted by atomic mass is 10.1. The van der Waals surface area contributed by atoms with E-state index in [0.717, 1.165) is 29.1 Å². The van der Waals surface area contributed by atoms with Crippen LogP contribution in [0.15, 0.2) is 61.3 Å². The van der Waals surface area contributed by atoms with Crippen molar-refractivity contribution < 1.29 is 4.79 Å². The molecule has 4 aromatic rings. The maximum absolute atomic E-state index is 13.0. The Morgan fingerprint density at radius 2 is 1.94 bits per heavy atom. The standard InChI is InChI=1S/C22H21BN8O/c1-14-26-10-11-31(14)19-7-8-25-12-18(19)30-22(32)20-21(24)27-13-17(29-20)16-4-2-15(3-5-16)6-9-28-23/h2-5,7-8,10-13,28H,6,9H2,1H3,(H2,24,27)(H,30,32). The van der Waals surface area contributed by atoms with Gasteiger partial charge in [-0.05, 0) is 31.5 Å². The summed E-state index contributed by atoms with van der Waals surface area (Å²) in [4.78, 5) is 30.0. The number of aromatic nitrogens is 5. The highest BCUT2D eigenvalue weighted by Crippen LogP contribution is 2.23. The largest absolute Gasteiger partial charge is 0.382 e. The van der Waals surface area contributed by atoms with Crippen LogP contribution < -0.4 is 16.3 Å². The summed E-state index contributed by atoms with van der Waals surface area (Å²) >= 11 is 0. The number of hydrogen-bond acceptors (Lipinski definition) is 7. The van der Waals surface area contributed by atoms with Crippen molar-refractivity contribution >= 4 is 25.4 Å². The van der Waals surface area contributed by atoms with Gasteiger partial charge in [-0.2, -0.15) is 0 Å². The van der Waals surface area contributed by atoms with Crippen LogP contribution in [0.4, 0.5) is 11.5 Å². The highest BCUT2D eigenvalue weighted by Gasteiger charge is 2.17. The zero-order valence-corrected chi connectivity index (χ0v) is 17.5. The van der Waals surface area contributed by atoms with Crippen LogP contribution >= 0.6 is 0 Å². The molecule has 0 fully saturated rings. The molecule has 158 valence electrons. The predicted molar refractivity (Wildman–Crippen MR) is 123 cm³/mol. The van der Waals surface area contributed by atoms with Crippen LogP contribution in [-0.2, 0) is 6.42 Å². The molecule has 1 aromatic carbocycles. The third-order valence-electron chi connectivity index (χ3n) is 4.96. The zero-order valence-electron chi connectivity index (χ0n) is 17.5. The number of benzene rings is 1. The molecule has 3 heterocycles. The molecule has 9 nitrogen and oxygen atoms in total. The minimum Gasteiger partial charge on any atom is -0.382 e. The predicted octanol–water partition coefficient (Wildman–Crippen LogP) is 2.08. The van der Waals surface area contributed by atoms with Crippen molar-refractivity contribution in [2.45, 2.75) is 13.3 Å². The van der Waals surface area contributed by atoms with Gasteiger partial charge in [-0.25, -0.2) is 15.0 Å². The normalized spacial score (nSPS) is 10.8. The van der Waals surface area contributed by atoms with E-state index in [0.29, 0.717) is 17.9 Å². The zero-order chi connectivity index (χ0) is 22.5. The highest BCUT2D eigenvalue weighted by molar-refractivity contribution is 6.06. The quantitative estimate of drug-likeness (QED) is 0.388. The van der Waals surface area contributed by atoms with Crippen LogP contribution in [-0.4, -0.2) is 44.9 Å². The van der Waals surface area contributed by atoms with Crippen LogP contribution in [0.5, 0.6) is 0 Å². The number of nitrogens with one attached hydrogen (secondary N) is 2. The molecule has 0 aliphatic carbocycles. The Morgan fingerprint density at radius 1 is 1.12 bits per heavy atom. The molecule has 0 bridgehead atoms. The van der Waals surface area contributed by atoms with Gasteiger partial charge in [-0.1, -0.05) is 24.3 Å². The molecular formula is C22H21BN8O. The number of anilines is 2. The lowest BCUT2D eigenvalue weighted by molar-refractivity contribution is 0.102. The number of rotatable bonds is 7. The summed E-state index contributed by atoms with van der Waals surface area (Å²) in [5.74, 6) is 0.342. The van der Waals surface area contributed by atoms with E-state index in [1.165, 1.54) is 0 Å². The Kier molecular flexibility index (Phi) is 6.23. The van der Waals surface area contributed by atoms with Gasteiger partial charge in [-0.15, -0.1) is 0 Å². The van der Waals surface area contributed by atoms with Gasteiger partial charge in [0.2, 0.25) is 0 Å². The average Bonchev–Trinajstić information content (AvgIpc) is 3.24. The van der Waals surface area contributed by atoms with Gasteiger partial charge >= 0.3 is 0 Å². The Hall–Kier alpha value is -4.05. The number of nitrogens with two attached hydrogens (primary N) is 1. The van der Waals surface area contributed by atoms with Crippen molar-refractivity contribution in [3.05, 3.63) is 78.4 Å². The molecule has 4 rings (SSSR count). The maximum Gasteiger partial charge on any atom is 0.278 e. The minimum absolute atomic E-state index is 0.0380. The molecule has 0 atom stereocenters. The fourth-order valence-corrected chi connectivity index (χ4v) is 3.27. The molecule has 0 saturated heterocycles. The Labute approximate surface area is 186 Å². The van der Waals surface area contributed by atoms with Crippen molar-refractivity contribution in [1.82, 2.24) is 29.7 Å². The van der Waals surface area contributed by atoms with Gasteiger partial charge in [0.1, 0.15) is 5.82 Å². The van der Waals surface area contributed by atoms with Crippen LogP contribution in [0.3, 0.4) is 0 Å². The Bertz CT molecular complexity index is 1240. The Balaban J connectivity index is 1.60. The number of aryl methyl sites for hydroxylation is 1. The second-order valence-corrected chi connectivity index (χ2v) is 7.08. The number of pyridine rings is 1. The molecule has 10 heteroatoms. The molecule has 0 aliphatic heterocycles. The first-order valence-electron chi connectivity index (χ1n) is 9.98. The summed E-state index contributed by atoms with van der Waals surface area (Å²) in [6.45, 7) is 2.55. The molecule has 2 radical (unpaired) electrons. The van der Waals surface area contributed by atoms with E-state index in [1.807, 2.05) is 42.0 Å². The SMILES string of the molecule is [B]NCCc1ccc(-c2cnc(N)c(C(=O)Nc3cnccc3-n3ccnc3C)n2)cc1. The van der Waals surface area contributed by atoms with Crippen molar-refractivity contribution in [2.24, 2.45) is 0 Å². The van der Waals surface area contributed by atoms with E-state index in [9.17, 15) is 4.79 Å². The van der Waals surface area contributed by atoms with Crippen molar-refractivity contribution in [3.8, 4) is 16.9 Å². The molecule has 0 saturated carbocycles. The highest BCUT2D eigenvalue weighted by atomic mass is 16.1. The molecule has 0 unspecified atom stereocenters. The minimum atomic E-state index is -0.477. The van der Waals surface area contributed by atoms with E-state index >= 15 is 0 Å². The van der Waals surface area contributed by atoms with Crippen molar-refractivity contribution in [1.29, 1.82) is 0 Å². The fourth-order valence-electron chi connectivity index (χ4n) is 3.27. The number of imidazole rings is 1. The first kappa shape index (κ1) is 21.2. The summed E-state index contributed by atoms with van der Waals surface area (Å²) in [5, 5.41) is 5.48. The number of hydrogen-bond donors (Lipinski definition) is 3. The molecule has 4 N–H and O–H groups in total. The smallest absolute Gasteiger partial charge is 0.278 e. The first-order chi connectivity index (χ1) is 15.6. The third kappa shape index (κ3) is 4.50. The second-order valence-electron chi connectivity index (χ2n) is 7.08. The van der Waals surface area contributed by atoms with Gasteiger partial charge in [0.15, 0.2) is 19.5 Å². The fraction of sp³-hybridized carbons (Fsp3) is 0.136. The van der Waals surface area contributed by atoms with Crippen LogP contribution in [0, 0.1) is 6.92 Å². The van der Waals surface area contributed by atoms with Gasteiger partial charge in [0.05, 0.1) is 29.5 Å². The number of amides is 1. The average molecular weight is 424 g/mol. The topological polar surface area (TPSA) is 124 Å². The van der Waals surface area contributed by atoms with E-state index in [4.69, 9.17) is 13.7 Å². The molecule has 1 amide bonds. The number of carbonyl (C=O) groups is 1. The van der Waals surface area contributed by atoms with Gasteiger partial charge < -0.3 is 20.8 Å². The summed E-state index contributed by atoms with van der Waals surface area (Å²) < 4.78 is 1.85. The summed E-state index contributed by atoms with van der Waals surface area (Å²) in [7, 11) is 5.33. The first-order valence-corrected chi connectivity index (χ1v) is 9.98. The van der Waals surface area contributed by atoms with E-state index in [2.05, 4.69) is 30.5 Å². The molecule has 0 aliphatic rings. The van der Waals surface area contributed by atoms with E-state index in [-0.39, 0.29) is 11.5 Å². The molecule has 3 aromatic heterocycles. The monoisotopic (exact) mass is 424 g/mol. The summed E-state index contributed by atoms with van der Waals surface area (Å²) in [6, 6.07) is 9.61. The molecule has 0 spiro atoms. The van der Waals surface area contributed by atoms with Gasteiger partial charge in [-0.3, -0.25) is 9.78 Å². The van der Waals surface area contributed by atoms with Crippen LogP contribution in [0.2, 0.25) is 0 Å². The number of nitrogen functional groups attached to an aromatic ring is 1. The van der Waals surface area contributed by atoms with Crippen LogP contribution in [0.1, 0.15) is 21.9 Å². The number of carbonyl (C=O) groups excluding carboxylic acids is 1. The molecular weight excluding hydrogens is 403 g/mol. The second kappa shape index (κ2) is 9.40. The maximum atomic E-state index is 13.0. The summed E-state index contributed by atoms with van der Waals surface area (Å²) in [6.07, 6.45) is 9.06. The molecule has 32 heavy (non-hydrogen) atoms. The van der Waals surface area contributed by atoms with Crippen molar-refractivity contribution in [2.75, 3.05) is 17.6 Å².